The third-order valence-corrected chi connectivity index (χ3v) is 7.35. The van der Waals surface area contributed by atoms with Crippen LogP contribution in [0.1, 0.15) is 63.5 Å². The molecule has 0 aromatic heterocycles. The van der Waals surface area contributed by atoms with Crippen molar-refractivity contribution in [2.45, 2.75) is 70.1 Å². The van der Waals surface area contributed by atoms with Crippen molar-refractivity contribution in [2.75, 3.05) is 6.61 Å². The van der Waals surface area contributed by atoms with Gasteiger partial charge in [-0.1, -0.05) is 19.1 Å². The number of guanidine groups is 1. The predicted octanol–water partition coefficient (Wildman–Crippen LogP) is 2.72. The van der Waals surface area contributed by atoms with E-state index in [2.05, 4.69) is 17.6 Å². The zero-order chi connectivity index (χ0) is 21.8. The second-order valence-electron chi connectivity index (χ2n) is 10.3. The molecule has 0 radical (unpaired) electrons. The van der Waals surface area contributed by atoms with Gasteiger partial charge in [0.1, 0.15) is 11.9 Å². The number of aliphatic hydroxyl groups is 2. The van der Waals surface area contributed by atoms with Gasteiger partial charge < -0.3 is 20.8 Å². The van der Waals surface area contributed by atoms with E-state index in [0.717, 1.165) is 30.5 Å². The minimum absolute atomic E-state index is 0.0324. The van der Waals surface area contributed by atoms with Crippen LogP contribution in [0.15, 0.2) is 40.5 Å². The van der Waals surface area contributed by atoms with Crippen LogP contribution < -0.4 is 10.6 Å². The van der Waals surface area contributed by atoms with E-state index in [1.54, 1.807) is 12.1 Å². The minimum Gasteiger partial charge on any atom is -0.396 e. The second-order valence-corrected chi connectivity index (χ2v) is 10.3. The van der Waals surface area contributed by atoms with Crippen LogP contribution >= 0.6 is 0 Å². The van der Waals surface area contributed by atoms with Gasteiger partial charge >= 0.3 is 0 Å². The Morgan fingerprint density at radius 2 is 1.94 bits per heavy atom. The first-order valence-corrected chi connectivity index (χ1v) is 11.2. The lowest BCUT2D eigenvalue weighted by molar-refractivity contribution is -0.119. The maximum Gasteiger partial charge on any atom is 0.196 e. The first-order chi connectivity index (χ1) is 14.8. The molecule has 2 fully saturated rings. The Bertz CT molecular complexity index is 947. The van der Waals surface area contributed by atoms with Gasteiger partial charge in [0.15, 0.2) is 11.7 Å². The van der Waals surface area contributed by atoms with Gasteiger partial charge in [0.25, 0.3) is 0 Å². The van der Waals surface area contributed by atoms with E-state index >= 15 is 0 Å². The highest BCUT2D eigenvalue weighted by molar-refractivity contribution is 6.01. The average Bonchev–Trinajstić information content (AvgIpc) is 3.45. The summed E-state index contributed by atoms with van der Waals surface area (Å²) in [5, 5.41) is 26.2. The maximum absolute atomic E-state index is 13.5. The summed E-state index contributed by atoms with van der Waals surface area (Å²) >= 11 is 0. The summed E-state index contributed by atoms with van der Waals surface area (Å²) in [5.41, 5.74) is 2.07. The summed E-state index contributed by atoms with van der Waals surface area (Å²) in [6.07, 6.45) is 5.06. The van der Waals surface area contributed by atoms with Crippen LogP contribution in [-0.2, 0) is 4.79 Å². The van der Waals surface area contributed by atoms with Gasteiger partial charge in [-0.05, 0) is 67.1 Å². The molecule has 1 aromatic rings. The Hall–Kier alpha value is -2.25. The molecule has 0 amide bonds. The van der Waals surface area contributed by atoms with E-state index in [4.69, 9.17) is 4.99 Å². The van der Waals surface area contributed by atoms with E-state index in [9.17, 15) is 19.4 Å². The molecular weight excluding hydrogens is 397 g/mol. The number of nitrogens with zero attached hydrogens (tertiary/aromatic N) is 1. The van der Waals surface area contributed by atoms with E-state index in [0.29, 0.717) is 37.2 Å². The molecule has 3 aliphatic carbocycles. The monoisotopic (exact) mass is 427 g/mol. The van der Waals surface area contributed by atoms with Crippen molar-refractivity contribution < 1.29 is 19.4 Å². The lowest BCUT2D eigenvalue weighted by Gasteiger charge is -2.42. The lowest BCUT2D eigenvalue weighted by Crippen LogP contribution is -2.53. The zero-order valence-corrected chi connectivity index (χ0v) is 17.8. The number of benzene rings is 1. The number of Topliss-reactive ketones (excluding diaryl/α,β-unsaturated/α-hetero) is 1. The number of ketones is 1. The fourth-order valence-electron chi connectivity index (χ4n) is 5.49. The lowest BCUT2D eigenvalue weighted by atomic mass is 9.67. The van der Waals surface area contributed by atoms with Crippen LogP contribution in [0, 0.1) is 16.6 Å². The smallest absolute Gasteiger partial charge is 0.196 e. The molecule has 166 valence electrons. The molecule has 0 bridgehead atoms. The summed E-state index contributed by atoms with van der Waals surface area (Å²) in [6, 6.07) is 5.85. The maximum atomic E-state index is 13.5. The molecule has 1 heterocycles. The van der Waals surface area contributed by atoms with Crippen LogP contribution in [-0.4, -0.2) is 40.7 Å². The molecule has 2 atom stereocenters. The third kappa shape index (κ3) is 4.01. The van der Waals surface area contributed by atoms with Gasteiger partial charge in [-0.15, -0.1) is 0 Å². The normalized spacial score (nSPS) is 33.7. The molecule has 1 aromatic carbocycles. The topological polar surface area (TPSA) is 94.0 Å². The fraction of sp³-hybridized carbons (Fsp3) is 0.583. The number of carbonyl (C=O) groups is 1. The van der Waals surface area contributed by atoms with E-state index < -0.39 is 6.04 Å². The van der Waals surface area contributed by atoms with Gasteiger partial charge in [0.2, 0.25) is 0 Å². The fourth-order valence-corrected chi connectivity index (χ4v) is 5.49. The number of aliphatic imine (C=N–C) groups is 1. The van der Waals surface area contributed by atoms with Crippen molar-refractivity contribution in [3.63, 3.8) is 0 Å². The number of hydrogen-bond acceptors (Lipinski definition) is 6. The Balaban J connectivity index is 1.46. The standard InChI is InChI=1S/C24H30FN3O3/c1-23(12-24(13-29)6-7-24)10-18-20(19(31)11-23)21(14-2-4-15(25)5-3-14)28-22(27-18)26-16-8-17(30)9-16/h2-5,16-17,21,29-30H,6-13H2,1H3,(H2,26,27,28)/t16?,17?,21-,23-/m0/s1. The molecule has 4 N–H and O–H groups in total. The Morgan fingerprint density at radius 3 is 2.55 bits per heavy atom. The molecule has 4 aliphatic rings. The quantitative estimate of drug-likeness (QED) is 0.580. The number of halogens is 1. The molecule has 0 saturated heterocycles. The molecule has 31 heavy (non-hydrogen) atoms. The number of carbonyl (C=O) groups excluding carboxylic acids is 1. The SMILES string of the molecule is C[C@@]1(CC2(CO)CC2)CC(=O)C2=C(C1)NC(NC1CC(O)C1)=N[C@H]2c1ccc(F)cc1. The van der Waals surface area contributed by atoms with Crippen LogP contribution in [0.4, 0.5) is 4.39 Å². The van der Waals surface area contributed by atoms with E-state index in [1.807, 2.05) is 0 Å². The van der Waals surface area contributed by atoms with Crippen molar-refractivity contribution >= 4 is 11.7 Å². The first-order valence-electron chi connectivity index (χ1n) is 11.2. The molecule has 0 unspecified atom stereocenters. The minimum atomic E-state index is -0.478. The third-order valence-electron chi connectivity index (χ3n) is 7.35. The van der Waals surface area contributed by atoms with Crippen LogP contribution in [0.25, 0.3) is 0 Å². The molecule has 6 nitrogen and oxygen atoms in total. The van der Waals surface area contributed by atoms with Crippen molar-refractivity contribution in [1.29, 1.82) is 0 Å². The van der Waals surface area contributed by atoms with Gasteiger partial charge in [-0.25, -0.2) is 9.38 Å². The summed E-state index contributed by atoms with van der Waals surface area (Å²) in [6.45, 7) is 2.31. The van der Waals surface area contributed by atoms with Crippen LogP contribution in [0.2, 0.25) is 0 Å². The number of rotatable bonds is 5. The summed E-state index contributed by atoms with van der Waals surface area (Å²) < 4.78 is 13.5. The van der Waals surface area contributed by atoms with E-state index in [1.165, 1.54) is 12.1 Å². The van der Waals surface area contributed by atoms with Crippen molar-refractivity contribution in [3.8, 4) is 0 Å². The van der Waals surface area contributed by atoms with Crippen molar-refractivity contribution in [2.24, 2.45) is 15.8 Å². The van der Waals surface area contributed by atoms with Gasteiger partial charge in [0.05, 0.1) is 6.10 Å². The molecule has 0 spiro atoms. The van der Waals surface area contributed by atoms with Crippen molar-refractivity contribution in [1.82, 2.24) is 10.6 Å². The summed E-state index contributed by atoms with van der Waals surface area (Å²) in [5.74, 6) is 0.352. The Kier molecular flexibility index (Phi) is 4.94. The highest BCUT2D eigenvalue weighted by Crippen LogP contribution is 2.57. The highest BCUT2D eigenvalue weighted by atomic mass is 19.1. The number of nitrogens with one attached hydrogen (secondary N) is 2. The number of allylic oxidation sites excluding steroid dienone is 1. The predicted molar refractivity (Wildman–Crippen MR) is 115 cm³/mol. The number of hydrogen-bond donors (Lipinski definition) is 4. The molecular formula is C24H30FN3O3. The average molecular weight is 428 g/mol. The zero-order valence-electron chi connectivity index (χ0n) is 17.8. The second kappa shape index (κ2) is 7.41. The highest BCUT2D eigenvalue weighted by Gasteiger charge is 2.50. The largest absolute Gasteiger partial charge is 0.396 e. The Morgan fingerprint density at radius 1 is 1.23 bits per heavy atom. The van der Waals surface area contributed by atoms with Crippen LogP contribution in [0.5, 0.6) is 0 Å². The molecule has 5 rings (SSSR count). The first kappa shape index (κ1) is 20.6. The summed E-state index contributed by atoms with van der Waals surface area (Å²) in [7, 11) is 0. The van der Waals surface area contributed by atoms with E-state index in [-0.39, 0.29) is 41.2 Å². The summed E-state index contributed by atoms with van der Waals surface area (Å²) in [4.78, 5) is 18.2. The van der Waals surface area contributed by atoms with Gasteiger partial charge in [-0.2, -0.15) is 0 Å². The van der Waals surface area contributed by atoms with Gasteiger partial charge in [0, 0.05) is 30.3 Å². The number of aliphatic hydroxyl groups excluding tert-OH is 2. The van der Waals surface area contributed by atoms with Crippen LogP contribution in [0.3, 0.4) is 0 Å². The Labute approximate surface area is 181 Å². The molecule has 7 heteroatoms. The molecule has 1 aliphatic heterocycles. The van der Waals surface area contributed by atoms with Crippen molar-refractivity contribution in [3.05, 3.63) is 46.9 Å². The van der Waals surface area contributed by atoms with Gasteiger partial charge in [-0.3, -0.25) is 4.79 Å². The molecule has 2 saturated carbocycles.